The molecular weight excluding hydrogens is 308 g/mol. The lowest BCUT2D eigenvalue weighted by atomic mass is 10.2. The molecular formula is C14H11BrN2O2. The van der Waals surface area contributed by atoms with Crippen molar-refractivity contribution in [3.8, 4) is 17.6 Å². The molecule has 0 fully saturated rings. The Kier molecular flexibility index (Phi) is 4.03. The molecule has 3 rings (SSSR count). The second kappa shape index (κ2) is 5.72. The molecule has 5 heteroatoms. The van der Waals surface area contributed by atoms with E-state index in [2.05, 4.69) is 6.07 Å². The molecule has 0 radical (unpaired) electrons. The zero-order valence-electron chi connectivity index (χ0n) is 10.0. The lowest BCUT2D eigenvalue weighted by Gasteiger charge is -2.00. The number of nitriles is 1. The summed E-state index contributed by atoms with van der Waals surface area (Å²) in [5.41, 5.74) is 1.76. The fourth-order valence-electron chi connectivity index (χ4n) is 1.94. The number of pyridine rings is 1. The normalized spacial score (nSPS) is 11.5. The van der Waals surface area contributed by atoms with Crippen molar-refractivity contribution in [2.45, 2.75) is 6.54 Å². The van der Waals surface area contributed by atoms with Crippen molar-refractivity contribution >= 4 is 0 Å². The Bertz CT molecular complexity index is 638. The molecule has 4 nitrogen and oxygen atoms in total. The summed E-state index contributed by atoms with van der Waals surface area (Å²) in [7, 11) is 0. The number of ether oxygens (including phenoxy) is 2. The average molecular weight is 319 g/mol. The zero-order valence-corrected chi connectivity index (χ0v) is 11.6. The van der Waals surface area contributed by atoms with Crippen LogP contribution in [0.25, 0.3) is 0 Å². The fraction of sp³-hybridized carbons (Fsp3) is 0.143. The molecule has 1 aliphatic rings. The number of halogens is 1. The van der Waals surface area contributed by atoms with Gasteiger partial charge in [-0.2, -0.15) is 9.83 Å². The molecule has 0 spiro atoms. The summed E-state index contributed by atoms with van der Waals surface area (Å²) in [6, 6.07) is 11.7. The van der Waals surface area contributed by atoms with Crippen molar-refractivity contribution in [3.63, 3.8) is 0 Å². The number of aromatic nitrogens is 1. The van der Waals surface area contributed by atoms with Gasteiger partial charge in [0.1, 0.15) is 11.6 Å². The van der Waals surface area contributed by atoms with E-state index in [1.807, 2.05) is 41.2 Å². The topological polar surface area (TPSA) is 46.1 Å². The van der Waals surface area contributed by atoms with Crippen LogP contribution in [0.1, 0.15) is 11.1 Å². The SMILES string of the molecule is N#Cc1ccc[n+](Cc2ccc3c(c2)OCO3)c1.[Br-]. The molecule has 0 aliphatic carbocycles. The lowest BCUT2D eigenvalue weighted by Crippen LogP contribution is -3.00. The molecule has 0 amide bonds. The third-order valence-electron chi connectivity index (χ3n) is 2.79. The van der Waals surface area contributed by atoms with Crippen LogP contribution in [0.5, 0.6) is 11.5 Å². The van der Waals surface area contributed by atoms with Gasteiger partial charge in [-0.25, -0.2) is 0 Å². The second-order valence-electron chi connectivity index (χ2n) is 4.06. The van der Waals surface area contributed by atoms with Gasteiger partial charge in [0.15, 0.2) is 30.4 Å². The average Bonchev–Trinajstić information content (AvgIpc) is 2.86. The third-order valence-corrected chi connectivity index (χ3v) is 2.79. The second-order valence-corrected chi connectivity index (χ2v) is 4.06. The zero-order chi connectivity index (χ0) is 12.4. The minimum Gasteiger partial charge on any atom is -1.00 e. The smallest absolute Gasteiger partial charge is 0.231 e. The number of rotatable bonds is 2. The highest BCUT2D eigenvalue weighted by Crippen LogP contribution is 2.32. The van der Waals surface area contributed by atoms with E-state index in [0.29, 0.717) is 12.1 Å². The predicted molar refractivity (Wildman–Crippen MR) is 63.0 cm³/mol. The fourth-order valence-corrected chi connectivity index (χ4v) is 1.94. The van der Waals surface area contributed by atoms with E-state index < -0.39 is 0 Å². The van der Waals surface area contributed by atoms with E-state index in [4.69, 9.17) is 14.7 Å². The Morgan fingerprint density at radius 2 is 2.05 bits per heavy atom. The van der Waals surface area contributed by atoms with Gasteiger partial charge < -0.3 is 26.5 Å². The van der Waals surface area contributed by atoms with Gasteiger partial charge in [0.25, 0.3) is 0 Å². The molecule has 0 saturated carbocycles. The lowest BCUT2D eigenvalue weighted by molar-refractivity contribution is -0.688. The Morgan fingerprint density at radius 3 is 2.89 bits per heavy atom. The molecule has 19 heavy (non-hydrogen) atoms. The van der Waals surface area contributed by atoms with Gasteiger partial charge in [-0.1, -0.05) is 0 Å². The van der Waals surface area contributed by atoms with Crippen LogP contribution in [0.15, 0.2) is 42.7 Å². The third kappa shape index (κ3) is 2.85. The van der Waals surface area contributed by atoms with Crippen molar-refractivity contribution in [2.24, 2.45) is 0 Å². The molecule has 2 aromatic rings. The van der Waals surface area contributed by atoms with E-state index in [0.717, 1.165) is 17.1 Å². The van der Waals surface area contributed by atoms with E-state index in [1.165, 1.54) is 0 Å². The van der Waals surface area contributed by atoms with E-state index >= 15 is 0 Å². The summed E-state index contributed by atoms with van der Waals surface area (Å²) in [6.45, 7) is 0.988. The highest BCUT2D eigenvalue weighted by molar-refractivity contribution is 5.44. The minimum atomic E-state index is 0. The Morgan fingerprint density at radius 1 is 1.21 bits per heavy atom. The molecule has 0 N–H and O–H groups in total. The van der Waals surface area contributed by atoms with Gasteiger partial charge >= 0.3 is 0 Å². The van der Waals surface area contributed by atoms with Crippen LogP contribution in [0, 0.1) is 11.3 Å². The molecule has 1 aromatic heterocycles. The van der Waals surface area contributed by atoms with Crippen molar-refractivity contribution in [2.75, 3.05) is 6.79 Å². The number of nitrogens with zero attached hydrogens (tertiary/aromatic N) is 2. The first-order chi connectivity index (χ1) is 8.85. The minimum absolute atomic E-state index is 0. The van der Waals surface area contributed by atoms with Crippen LogP contribution in [0.3, 0.4) is 0 Å². The summed E-state index contributed by atoms with van der Waals surface area (Å²) in [5, 5.41) is 8.86. The quantitative estimate of drug-likeness (QED) is 0.642. The van der Waals surface area contributed by atoms with Crippen LogP contribution in [-0.2, 0) is 6.54 Å². The number of benzene rings is 1. The maximum absolute atomic E-state index is 8.86. The summed E-state index contributed by atoms with van der Waals surface area (Å²) >= 11 is 0. The van der Waals surface area contributed by atoms with Crippen molar-refractivity contribution in [1.82, 2.24) is 0 Å². The van der Waals surface area contributed by atoms with Gasteiger partial charge in [-0.3, -0.25) is 0 Å². The Hall–Kier alpha value is -2.06. The molecule has 0 saturated heterocycles. The summed E-state index contributed by atoms with van der Waals surface area (Å²) in [5.74, 6) is 1.57. The molecule has 0 bridgehead atoms. The van der Waals surface area contributed by atoms with Gasteiger partial charge in [0.05, 0.1) is 0 Å². The van der Waals surface area contributed by atoms with Crippen molar-refractivity contribution in [1.29, 1.82) is 5.26 Å². The van der Waals surface area contributed by atoms with Crippen LogP contribution < -0.4 is 31.0 Å². The highest BCUT2D eigenvalue weighted by atomic mass is 79.9. The first kappa shape index (κ1) is 13.4. The number of hydrogen-bond acceptors (Lipinski definition) is 3. The number of fused-ring (bicyclic) bond motifs is 1. The van der Waals surface area contributed by atoms with Gasteiger partial charge in [-0.15, -0.1) is 0 Å². The van der Waals surface area contributed by atoms with Crippen molar-refractivity contribution in [3.05, 3.63) is 53.9 Å². The molecule has 1 aromatic carbocycles. The van der Waals surface area contributed by atoms with Crippen molar-refractivity contribution < 1.29 is 31.0 Å². The largest absolute Gasteiger partial charge is 1.00 e. The maximum atomic E-state index is 8.86. The van der Waals surface area contributed by atoms with Crippen LogP contribution in [0.4, 0.5) is 0 Å². The van der Waals surface area contributed by atoms with E-state index in [9.17, 15) is 0 Å². The first-order valence-electron chi connectivity index (χ1n) is 5.63. The standard InChI is InChI=1S/C14H11N2O2.BrH/c15-7-12-2-1-5-16(9-12)8-11-3-4-13-14(6-11)18-10-17-13;/h1-6,9H,8,10H2;1H/q+1;/p-1. The molecule has 96 valence electrons. The summed E-state index contributed by atoms with van der Waals surface area (Å²) in [6.07, 6.45) is 3.76. The van der Waals surface area contributed by atoms with Crippen LogP contribution in [0.2, 0.25) is 0 Å². The molecule has 2 heterocycles. The molecule has 1 aliphatic heterocycles. The Balaban J connectivity index is 0.00000133. The predicted octanol–water partition coefficient (Wildman–Crippen LogP) is -1.37. The monoisotopic (exact) mass is 318 g/mol. The highest BCUT2D eigenvalue weighted by Gasteiger charge is 2.14. The molecule has 0 unspecified atom stereocenters. The maximum Gasteiger partial charge on any atom is 0.231 e. The first-order valence-corrected chi connectivity index (χ1v) is 5.63. The summed E-state index contributed by atoms with van der Waals surface area (Å²) in [4.78, 5) is 0. The van der Waals surface area contributed by atoms with Crippen LogP contribution >= 0.6 is 0 Å². The van der Waals surface area contributed by atoms with Gasteiger partial charge in [0, 0.05) is 11.6 Å². The van der Waals surface area contributed by atoms with Gasteiger partial charge in [0.2, 0.25) is 6.79 Å². The van der Waals surface area contributed by atoms with Crippen LogP contribution in [-0.4, -0.2) is 6.79 Å². The van der Waals surface area contributed by atoms with E-state index in [-0.39, 0.29) is 23.8 Å². The number of hydrogen-bond donors (Lipinski definition) is 0. The molecule has 0 atom stereocenters. The Labute approximate surface area is 121 Å². The van der Waals surface area contributed by atoms with Gasteiger partial charge in [-0.05, 0) is 24.3 Å². The summed E-state index contributed by atoms with van der Waals surface area (Å²) < 4.78 is 12.6. The van der Waals surface area contributed by atoms with E-state index in [1.54, 1.807) is 6.07 Å².